The molecule has 1 atom stereocenters. The molecule has 0 bridgehead atoms. The average molecular weight is 268 g/mol. The van der Waals surface area contributed by atoms with E-state index in [0.29, 0.717) is 0 Å². The van der Waals surface area contributed by atoms with E-state index < -0.39 is 0 Å². The van der Waals surface area contributed by atoms with E-state index in [4.69, 9.17) is 0 Å². The number of hydrogen-bond donors (Lipinski definition) is 1. The summed E-state index contributed by atoms with van der Waals surface area (Å²) in [6.45, 7) is 8.71. The third-order valence-electron chi connectivity index (χ3n) is 3.67. The van der Waals surface area contributed by atoms with Gasteiger partial charge in [-0.15, -0.1) is 10.2 Å². The first-order valence-corrected chi connectivity index (χ1v) is 7.92. The number of nitrogens with zero attached hydrogens (tertiary/aromatic N) is 3. The Morgan fingerprint density at radius 1 is 1.28 bits per heavy atom. The number of aromatic nitrogens is 2. The van der Waals surface area contributed by atoms with Gasteiger partial charge in [0.25, 0.3) is 0 Å². The van der Waals surface area contributed by atoms with E-state index in [1.807, 2.05) is 0 Å². The molecule has 1 N–H and O–H groups in total. The summed E-state index contributed by atoms with van der Waals surface area (Å²) >= 11 is 1.69. The minimum Gasteiger partial charge on any atom is -0.360 e. The van der Waals surface area contributed by atoms with Crippen molar-refractivity contribution in [2.45, 2.75) is 46.1 Å². The summed E-state index contributed by atoms with van der Waals surface area (Å²) in [5.41, 5.74) is 0. The van der Waals surface area contributed by atoms with E-state index in [9.17, 15) is 0 Å². The maximum Gasteiger partial charge on any atom is 0.205 e. The van der Waals surface area contributed by atoms with Gasteiger partial charge in [-0.3, -0.25) is 4.90 Å². The van der Waals surface area contributed by atoms with Crippen LogP contribution < -0.4 is 5.32 Å². The molecule has 18 heavy (non-hydrogen) atoms. The fraction of sp³-hybridized carbons (Fsp3) is 0.846. The molecule has 102 valence electrons. The Labute approximate surface area is 114 Å². The standard InChI is InChI=1S/C13H24N4S/c1-3-11-6-5-8-17(9-7-11)10-12-15-16-13(18-12)14-4-2/h11H,3-10H2,1-2H3,(H,14,16). The molecular weight excluding hydrogens is 244 g/mol. The molecule has 1 aromatic rings. The van der Waals surface area contributed by atoms with Crippen molar-refractivity contribution in [3.05, 3.63) is 5.01 Å². The fourth-order valence-electron chi connectivity index (χ4n) is 2.52. The van der Waals surface area contributed by atoms with Crippen LogP contribution in [0.4, 0.5) is 5.13 Å². The molecule has 0 aliphatic carbocycles. The summed E-state index contributed by atoms with van der Waals surface area (Å²) < 4.78 is 0. The molecule has 0 radical (unpaired) electrons. The molecule has 5 heteroatoms. The van der Waals surface area contributed by atoms with Crippen molar-refractivity contribution in [2.75, 3.05) is 25.0 Å². The summed E-state index contributed by atoms with van der Waals surface area (Å²) in [7, 11) is 0. The summed E-state index contributed by atoms with van der Waals surface area (Å²) in [5.74, 6) is 0.932. The van der Waals surface area contributed by atoms with Crippen molar-refractivity contribution in [2.24, 2.45) is 5.92 Å². The highest BCUT2D eigenvalue weighted by atomic mass is 32.1. The maximum atomic E-state index is 4.26. The Balaban J connectivity index is 1.84. The van der Waals surface area contributed by atoms with Gasteiger partial charge in [0.1, 0.15) is 5.01 Å². The van der Waals surface area contributed by atoms with Gasteiger partial charge in [0.05, 0.1) is 6.54 Å². The molecule has 1 fully saturated rings. The van der Waals surface area contributed by atoms with Gasteiger partial charge in [0, 0.05) is 6.54 Å². The molecule has 1 aliphatic heterocycles. The lowest BCUT2D eigenvalue weighted by Crippen LogP contribution is -2.24. The lowest BCUT2D eigenvalue weighted by Gasteiger charge is -2.18. The lowest BCUT2D eigenvalue weighted by molar-refractivity contribution is 0.271. The number of hydrogen-bond acceptors (Lipinski definition) is 5. The Morgan fingerprint density at radius 2 is 2.17 bits per heavy atom. The van der Waals surface area contributed by atoms with Gasteiger partial charge in [-0.05, 0) is 45.2 Å². The highest BCUT2D eigenvalue weighted by Crippen LogP contribution is 2.22. The van der Waals surface area contributed by atoms with Crippen LogP contribution in [0.2, 0.25) is 0 Å². The van der Waals surface area contributed by atoms with E-state index in [0.717, 1.165) is 29.1 Å². The first kappa shape index (κ1) is 13.7. The molecule has 4 nitrogen and oxygen atoms in total. The second-order valence-corrected chi connectivity index (χ2v) is 6.07. The number of rotatable bonds is 5. The zero-order valence-electron chi connectivity index (χ0n) is 11.5. The molecule has 1 saturated heterocycles. The molecule has 1 unspecified atom stereocenters. The van der Waals surface area contributed by atoms with Crippen LogP contribution >= 0.6 is 11.3 Å². The van der Waals surface area contributed by atoms with Crippen molar-refractivity contribution < 1.29 is 0 Å². The molecule has 0 saturated carbocycles. The van der Waals surface area contributed by atoms with Crippen molar-refractivity contribution in [1.29, 1.82) is 0 Å². The lowest BCUT2D eigenvalue weighted by atomic mass is 9.98. The van der Waals surface area contributed by atoms with Crippen LogP contribution in [0, 0.1) is 5.92 Å². The molecule has 0 aromatic carbocycles. The highest BCUT2D eigenvalue weighted by molar-refractivity contribution is 7.15. The highest BCUT2D eigenvalue weighted by Gasteiger charge is 2.17. The number of likely N-dealkylation sites (tertiary alicyclic amines) is 1. The summed E-state index contributed by atoms with van der Waals surface area (Å²) in [6, 6.07) is 0. The van der Waals surface area contributed by atoms with E-state index in [-0.39, 0.29) is 0 Å². The second-order valence-electron chi connectivity index (χ2n) is 5.01. The normalized spacial score (nSPS) is 21.8. The van der Waals surface area contributed by atoms with Crippen LogP contribution in [0.1, 0.15) is 44.5 Å². The Bertz CT molecular complexity index is 353. The quantitative estimate of drug-likeness (QED) is 0.891. The first-order valence-electron chi connectivity index (χ1n) is 7.10. The van der Waals surface area contributed by atoms with Crippen molar-refractivity contribution in [1.82, 2.24) is 15.1 Å². The minimum atomic E-state index is 0.913. The second kappa shape index (κ2) is 7.04. The smallest absolute Gasteiger partial charge is 0.205 e. The van der Waals surface area contributed by atoms with Crippen molar-refractivity contribution >= 4 is 16.5 Å². The molecule has 0 spiro atoms. The van der Waals surface area contributed by atoms with E-state index in [2.05, 4.69) is 34.3 Å². The van der Waals surface area contributed by atoms with Crippen molar-refractivity contribution in [3.63, 3.8) is 0 Å². The Kier molecular flexibility index (Phi) is 5.38. The summed E-state index contributed by atoms with van der Waals surface area (Å²) in [6.07, 6.45) is 5.40. The van der Waals surface area contributed by atoms with E-state index in [1.54, 1.807) is 11.3 Å². The average Bonchev–Trinajstić information content (AvgIpc) is 2.68. The van der Waals surface area contributed by atoms with Gasteiger partial charge >= 0.3 is 0 Å². The molecule has 0 amide bonds. The SMILES string of the molecule is CCNc1nnc(CN2CCCC(CC)CC2)s1. The van der Waals surface area contributed by atoms with Gasteiger partial charge in [0.2, 0.25) is 5.13 Å². The maximum absolute atomic E-state index is 4.26. The minimum absolute atomic E-state index is 0.913. The van der Waals surface area contributed by atoms with E-state index in [1.165, 1.54) is 38.8 Å². The van der Waals surface area contributed by atoms with Gasteiger partial charge in [-0.1, -0.05) is 24.7 Å². The first-order chi connectivity index (χ1) is 8.81. The Morgan fingerprint density at radius 3 is 2.94 bits per heavy atom. The molecule has 1 aliphatic rings. The number of anilines is 1. The largest absolute Gasteiger partial charge is 0.360 e. The van der Waals surface area contributed by atoms with Crippen LogP contribution in [-0.2, 0) is 6.54 Å². The molecular formula is C13H24N4S. The van der Waals surface area contributed by atoms with Gasteiger partial charge in [0.15, 0.2) is 0 Å². The van der Waals surface area contributed by atoms with Crippen LogP contribution in [0.15, 0.2) is 0 Å². The summed E-state index contributed by atoms with van der Waals surface area (Å²) in [4.78, 5) is 2.53. The van der Waals surface area contributed by atoms with Gasteiger partial charge in [-0.25, -0.2) is 0 Å². The topological polar surface area (TPSA) is 41.1 Å². The van der Waals surface area contributed by atoms with Crippen LogP contribution in [0.5, 0.6) is 0 Å². The number of nitrogens with one attached hydrogen (secondary N) is 1. The zero-order chi connectivity index (χ0) is 12.8. The van der Waals surface area contributed by atoms with Crippen LogP contribution in [0.3, 0.4) is 0 Å². The zero-order valence-corrected chi connectivity index (χ0v) is 12.3. The Hall–Kier alpha value is -0.680. The molecule has 2 rings (SSSR count). The van der Waals surface area contributed by atoms with Crippen LogP contribution in [-0.4, -0.2) is 34.7 Å². The molecule has 1 aromatic heterocycles. The monoisotopic (exact) mass is 268 g/mol. The van der Waals surface area contributed by atoms with E-state index >= 15 is 0 Å². The van der Waals surface area contributed by atoms with Gasteiger partial charge in [-0.2, -0.15) is 0 Å². The summed E-state index contributed by atoms with van der Waals surface area (Å²) in [5, 5.41) is 13.7. The third-order valence-corrected chi connectivity index (χ3v) is 4.54. The fourth-order valence-corrected chi connectivity index (χ4v) is 3.37. The van der Waals surface area contributed by atoms with Crippen LogP contribution in [0.25, 0.3) is 0 Å². The molecule has 2 heterocycles. The predicted molar refractivity (Wildman–Crippen MR) is 77.0 cm³/mol. The third kappa shape index (κ3) is 3.92. The van der Waals surface area contributed by atoms with Gasteiger partial charge < -0.3 is 5.32 Å². The predicted octanol–water partition coefficient (Wildman–Crippen LogP) is 2.98. The van der Waals surface area contributed by atoms with Crippen molar-refractivity contribution in [3.8, 4) is 0 Å².